The fourth-order valence-corrected chi connectivity index (χ4v) is 3.66. The lowest BCUT2D eigenvalue weighted by atomic mass is 9.90. The normalized spacial score (nSPS) is 13.6. The van der Waals surface area contributed by atoms with E-state index in [1.807, 2.05) is 0 Å². The molecule has 0 heterocycles. The summed E-state index contributed by atoms with van der Waals surface area (Å²) in [4.78, 5) is 0. The Morgan fingerprint density at radius 2 is 1.03 bits per heavy atom. The first-order chi connectivity index (χ1) is 16.1. The highest BCUT2D eigenvalue weighted by molar-refractivity contribution is 4.83. The molecule has 206 valence electrons. The van der Waals surface area contributed by atoms with Crippen LogP contribution in [0.15, 0.2) is 0 Å². The molecule has 0 rings (SSSR count). The van der Waals surface area contributed by atoms with Crippen LogP contribution in [0.5, 0.6) is 0 Å². The maximum atomic E-state index is 9.40. The minimum absolute atomic E-state index is 0.111. The molecule has 0 spiro atoms. The van der Waals surface area contributed by atoms with Gasteiger partial charge in [-0.05, 0) is 44.9 Å². The van der Waals surface area contributed by atoms with E-state index in [1.54, 1.807) is 13.8 Å². The van der Waals surface area contributed by atoms with Gasteiger partial charge in [0.15, 0.2) is 5.79 Å². The topological polar surface area (TPSA) is 118 Å². The summed E-state index contributed by atoms with van der Waals surface area (Å²) >= 11 is 0. The summed E-state index contributed by atoms with van der Waals surface area (Å²) in [7, 11) is 0. The summed E-state index contributed by atoms with van der Waals surface area (Å²) in [6.07, 6.45) is 5.56. The first kappa shape index (κ1) is 33.7. The zero-order valence-electron chi connectivity index (χ0n) is 22.7. The van der Waals surface area contributed by atoms with E-state index in [1.165, 1.54) is 0 Å². The van der Waals surface area contributed by atoms with Crippen LogP contribution in [0.3, 0.4) is 0 Å². The molecule has 0 aromatic heterocycles. The van der Waals surface area contributed by atoms with Crippen molar-refractivity contribution in [3.63, 3.8) is 0 Å². The van der Waals surface area contributed by atoms with Crippen molar-refractivity contribution in [2.45, 2.75) is 97.9 Å². The second kappa shape index (κ2) is 17.2. The molecule has 0 fully saturated rings. The number of hydrogen-bond acceptors (Lipinski definition) is 8. The molecule has 0 saturated carbocycles. The standard InChI is InChI=1S/C26H54O8/c1-7-25(8-2,13-11-14-31-21-23(5,17-27)18-28)34-26(9-3,10-4)33-16-12-15-32-22-24(6,19-29)20-30/h27-30H,7-22H2,1-6H3. The van der Waals surface area contributed by atoms with E-state index >= 15 is 0 Å². The number of rotatable bonds is 23. The Morgan fingerprint density at radius 3 is 1.41 bits per heavy atom. The molecule has 0 aliphatic rings. The van der Waals surface area contributed by atoms with E-state index < -0.39 is 16.6 Å². The van der Waals surface area contributed by atoms with Crippen LogP contribution in [0.4, 0.5) is 0 Å². The highest BCUT2D eigenvalue weighted by Gasteiger charge is 2.38. The first-order valence-electron chi connectivity index (χ1n) is 13.0. The largest absolute Gasteiger partial charge is 0.396 e. The molecule has 0 saturated heterocycles. The van der Waals surface area contributed by atoms with Gasteiger partial charge in [-0.3, -0.25) is 0 Å². The SMILES string of the molecule is CCC(CC)(CCCOCC(C)(CO)CO)OC(CC)(CC)OCCCOCC(C)(CO)CO. The van der Waals surface area contributed by atoms with Gasteiger partial charge in [-0.1, -0.05) is 41.5 Å². The van der Waals surface area contributed by atoms with E-state index in [2.05, 4.69) is 27.7 Å². The van der Waals surface area contributed by atoms with E-state index in [0.717, 1.165) is 38.5 Å². The van der Waals surface area contributed by atoms with Crippen molar-refractivity contribution in [2.75, 3.05) is 59.5 Å². The number of hydrogen-bond donors (Lipinski definition) is 4. The van der Waals surface area contributed by atoms with Crippen molar-refractivity contribution in [2.24, 2.45) is 10.8 Å². The average Bonchev–Trinajstić information content (AvgIpc) is 2.88. The van der Waals surface area contributed by atoms with Gasteiger partial charge in [0.05, 0.1) is 51.8 Å². The van der Waals surface area contributed by atoms with E-state index in [9.17, 15) is 20.4 Å². The van der Waals surface area contributed by atoms with Crippen LogP contribution in [0.1, 0.15) is 86.5 Å². The van der Waals surface area contributed by atoms with Crippen LogP contribution in [0.25, 0.3) is 0 Å². The quantitative estimate of drug-likeness (QED) is 0.126. The van der Waals surface area contributed by atoms with Gasteiger partial charge in [0, 0.05) is 24.0 Å². The number of aliphatic hydroxyl groups is 4. The third-order valence-corrected chi connectivity index (χ3v) is 6.92. The first-order valence-corrected chi connectivity index (χ1v) is 13.0. The molecular formula is C26H54O8. The number of aliphatic hydroxyl groups excluding tert-OH is 4. The molecule has 0 radical (unpaired) electrons. The maximum Gasteiger partial charge on any atom is 0.168 e. The molecule has 8 heteroatoms. The second-order valence-corrected chi connectivity index (χ2v) is 10.3. The zero-order chi connectivity index (χ0) is 26.1. The summed E-state index contributed by atoms with van der Waals surface area (Å²) in [5.41, 5.74) is -1.55. The van der Waals surface area contributed by atoms with Gasteiger partial charge < -0.3 is 39.4 Å². The predicted octanol–water partition coefficient (Wildman–Crippen LogP) is 3.28. The Hall–Kier alpha value is -0.320. The highest BCUT2D eigenvalue weighted by atomic mass is 16.7. The Balaban J connectivity index is 4.74. The summed E-state index contributed by atoms with van der Waals surface area (Å²) in [6, 6.07) is 0. The molecule has 8 nitrogen and oxygen atoms in total. The Labute approximate surface area is 207 Å². The predicted molar refractivity (Wildman–Crippen MR) is 134 cm³/mol. The molecule has 0 aliphatic heterocycles. The Morgan fingerprint density at radius 1 is 0.588 bits per heavy atom. The molecule has 34 heavy (non-hydrogen) atoms. The van der Waals surface area contributed by atoms with Crippen molar-refractivity contribution in [1.29, 1.82) is 0 Å². The molecule has 4 N–H and O–H groups in total. The van der Waals surface area contributed by atoms with Gasteiger partial charge in [0.2, 0.25) is 0 Å². The van der Waals surface area contributed by atoms with Crippen LogP contribution >= 0.6 is 0 Å². The van der Waals surface area contributed by atoms with Gasteiger partial charge in [-0.15, -0.1) is 0 Å². The van der Waals surface area contributed by atoms with Gasteiger partial charge >= 0.3 is 0 Å². The molecule has 0 amide bonds. The van der Waals surface area contributed by atoms with Crippen molar-refractivity contribution < 1.29 is 39.4 Å². The van der Waals surface area contributed by atoms with E-state index in [4.69, 9.17) is 18.9 Å². The lowest BCUT2D eigenvalue weighted by molar-refractivity contribution is -0.297. The van der Waals surface area contributed by atoms with Crippen LogP contribution in [0.2, 0.25) is 0 Å². The van der Waals surface area contributed by atoms with Crippen molar-refractivity contribution in [3.8, 4) is 0 Å². The molecule has 0 atom stereocenters. The smallest absolute Gasteiger partial charge is 0.168 e. The van der Waals surface area contributed by atoms with Crippen LogP contribution in [-0.2, 0) is 18.9 Å². The van der Waals surface area contributed by atoms with Crippen LogP contribution in [-0.4, -0.2) is 91.3 Å². The fourth-order valence-electron chi connectivity index (χ4n) is 3.66. The second-order valence-electron chi connectivity index (χ2n) is 10.3. The summed E-state index contributed by atoms with van der Waals surface area (Å²) in [5.74, 6) is -0.663. The van der Waals surface area contributed by atoms with Crippen LogP contribution < -0.4 is 0 Å². The molecule has 0 aromatic rings. The summed E-state index contributed by atoms with van der Waals surface area (Å²) in [5, 5.41) is 37.5. The van der Waals surface area contributed by atoms with Crippen molar-refractivity contribution in [3.05, 3.63) is 0 Å². The van der Waals surface area contributed by atoms with E-state index in [0.29, 0.717) is 39.5 Å². The van der Waals surface area contributed by atoms with Crippen LogP contribution in [0, 0.1) is 10.8 Å². The Bertz CT molecular complexity index is 483. The highest BCUT2D eigenvalue weighted by Crippen LogP contribution is 2.36. The molecule has 0 aliphatic carbocycles. The lowest BCUT2D eigenvalue weighted by Crippen LogP contribution is -2.46. The minimum atomic E-state index is -0.663. The van der Waals surface area contributed by atoms with E-state index in [-0.39, 0.29) is 32.0 Å². The molecule has 0 bridgehead atoms. The summed E-state index contributed by atoms with van der Waals surface area (Å²) in [6.45, 7) is 13.7. The minimum Gasteiger partial charge on any atom is -0.396 e. The third kappa shape index (κ3) is 11.6. The van der Waals surface area contributed by atoms with Gasteiger partial charge in [0.25, 0.3) is 0 Å². The molecular weight excluding hydrogens is 440 g/mol. The van der Waals surface area contributed by atoms with Crippen molar-refractivity contribution >= 4 is 0 Å². The molecule has 0 aromatic carbocycles. The third-order valence-electron chi connectivity index (χ3n) is 6.92. The molecule has 0 unspecified atom stereocenters. The average molecular weight is 495 g/mol. The monoisotopic (exact) mass is 494 g/mol. The van der Waals surface area contributed by atoms with Gasteiger partial charge in [0.1, 0.15) is 0 Å². The summed E-state index contributed by atoms with van der Waals surface area (Å²) < 4.78 is 24.4. The van der Waals surface area contributed by atoms with Gasteiger partial charge in [-0.25, -0.2) is 0 Å². The van der Waals surface area contributed by atoms with Gasteiger partial charge in [-0.2, -0.15) is 0 Å². The maximum absolute atomic E-state index is 9.40. The Kier molecular flexibility index (Phi) is 17.0. The number of ether oxygens (including phenoxy) is 4. The zero-order valence-corrected chi connectivity index (χ0v) is 22.7. The van der Waals surface area contributed by atoms with Crippen molar-refractivity contribution in [1.82, 2.24) is 0 Å². The lowest BCUT2D eigenvalue weighted by Gasteiger charge is -2.43. The fraction of sp³-hybridized carbons (Fsp3) is 1.00.